The highest BCUT2D eigenvalue weighted by Gasteiger charge is 2.06. The zero-order chi connectivity index (χ0) is 10.7. The van der Waals surface area contributed by atoms with E-state index in [1.807, 2.05) is 22.8 Å². The molecule has 1 aromatic carbocycles. The fourth-order valence-electron chi connectivity index (χ4n) is 1.49. The van der Waals surface area contributed by atoms with E-state index in [0.29, 0.717) is 0 Å². The summed E-state index contributed by atoms with van der Waals surface area (Å²) in [5.74, 6) is 0. The minimum absolute atomic E-state index is 0.281. The molecule has 0 unspecified atom stereocenters. The fraction of sp³-hybridized carbons (Fsp3) is 0.182. The van der Waals surface area contributed by atoms with Crippen molar-refractivity contribution in [2.24, 2.45) is 5.73 Å². The molecule has 1 heterocycles. The minimum Gasteiger partial charge on any atom is -0.328 e. The van der Waals surface area contributed by atoms with Crippen molar-refractivity contribution in [2.45, 2.75) is 11.9 Å². The van der Waals surface area contributed by atoms with Crippen LogP contribution in [0.2, 0.25) is 0 Å². The highest BCUT2D eigenvalue weighted by molar-refractivity contribution is 7.80. The zero-order valence-corrected chi connectivity index (χ0v) is 9.14. The van der Waals surface area contributed by atoms with Gasteiger partial charge in [-0.1, -0.05) is 30.3 Å². The van der Waals surface area contributed by atoms with Crippen LogP contribution >= 0.6 is 12.6 Å². The largest absolute Gasteiger partial charge is 0.328 e. The summed E-state index contributed by atoms with van der Waals surface area (Å²) < 4.78 is 2.01. The van der Waals surface area contributed by atoms with Gasteiger partial charge < -0.3 is 10.3 Å². The van der Waals surface area contributed by atoms with E-state index in [2.05, 4.69) is 29.7 Å². The molecule has 4 heteroatoms. The van der Waals surface area contributed by atoms with Crippen LogP contribution in [0.5, 0.6) is 0 Å². The Morgan fingerprint density at radius 2 is 2.07 bits per heavy atom. The summed E-state index contributed by atoms with van der Waals surface area (Å²) in [6.07, 6.45) is 3.53. The van der Waals surface area contributed by atoms with Gasteiger partial charge in [-0.25, -0.2) is 4.98 Å². The Balaban J connectivity index is 2.21. The zero-order valence-electron chi connectivity index (χ0n) is 8.24. The number of thiol groups is 1. The summed E-state index contributed by atoms with van der Waals surface area (Å²) in [6, 6.07) is 10.2. The summed E-state index contributed by atoms with van der Waals surface area (Å²) >= 11 is 4.21. The van der Waals surface area contributed by atoms with Crippen LogP contribution in [0, 0.1) is 0 Å². The molecule has 0 bridgehead atoms. The molecule has 0 amide bonds. The normalized spacial score (nSPS) is 12.7. The maximum atomic E-state index is 5.72. The number of imidazole rings is 1. The number of benzene rings is 1. The standard InChI is InChI=1S/C11H13N3S/c12-11(15)10-6-13-8-14(10)7-9-4-2-1-3-5-9/h1-6,8,11,15H,7,12H2/t11-/m1/s1. The van der Waals surface area contributed by atoms with E-state index in [1.54, 1.807) is 12.5 Å². The Kier molecular flexibility index (Phi) is 3.08. The number of nitrogens with zero attached hydrogens (tertiary/aromatic N) is 2. The average Bonchev–Trinajstić information content (AvgIpc) is 2.67. The third-order valence-corrected chi connectivity index (χ3v) is 2.51. The molecular weight excluding hydrogens is 206 g/mol. The van der Waals surface area contributed by atoms with E-state index in [9.17, 15) is 0 Å². The molecule has 0 aliphatic heterocycles. The molecule has 0 aliphatic carbocycles. The summed E-state index contributed by atoms with van der Waals surface area (Å²) in [6.45, 7) is 0.782. The molecule has 2 N–H and O–H groups in total. The van der Waals surface area contributed by atoms with Gasteiger partial charge in [-0.2, -0.15) is 12.6 Å². The molecule has 3 nitrogen and oxygen atoms in total. The Morgan fingerprint density at radius 3 is 2.73 bits per heavy atom. The van der Waals surface area contributed by atoms with Crippen molar-refractivity contribution >= 4 is 12.6 Å². The van der Waals surface area contributed by atoms with E-state index in [-0.39, 0.29) is 5.37 Å². The van der Waals surface area contributed by atoms with Gasteiger partial charge >= 0.3 is 0 Å². The number of nitrogens with two attached hydrogens (primary N) is 1. The minimum atomic E-state index is -0.281. The monoisotopic (exact) mass is 219 g/mol. The lowest BCUT2D eigenvalue weighted by molar-refractivity contribution is 0.735. The maximum absolute atomic E-state index is 5.72. The molecule has 15 heavy (non-hydrogen) atoms. The van der Waals surface area contributed by atoms with Crippen molar-refractivity contribution in [3.05, 3.63) is 54.1 Å². The van der Waals surface area contributed by atoms with Gasteiger partial charge in [0.15, 0.2) is 0 Å². The van der Waals surface area contributed by atoms with Crippen LogP contribution in [0.1, 0.15) is 16.6 Å². The van der Waals surface area contributed by atoms with E-state index >= 15 is 0 Å². The predicted molar refractivity (Wildman–Crippen MR) is 63.7 cm³/mol. The van der Waals surface area contributed by atoms with Crippen molar-refractivity contribution in [2.75, 3.05) is 0 Å². The quantitative estimate of drug-likeness (QED) is 0.611. The number of rotatable bonds is 3. The van der Waals surface area contributed by atoms with Gasteiger partial charge in [-0.3, -0.25) is 0 Å². The van der Waals surface area contributed by atoms with Crippen LogP contribution in [0.4, 0.5) is 0 Å². The SMILES string of the molecule is N[C@H](S)c1cncn1Cc1ccccc1. The maximum Gasteiger partial charge on any atom is 0.0952 e. The van der Waals surface area contributed by atoms with Gasteiger partial charge in [0.2, 0.25) is 0 Å². The Labute approximate surface area is 94.4 Å². The molecule has 0 saturated carbocycles. The second kappa shape index (κ2) is 4.51. The molecule has 2 aromatic rings. The van der Waals surface area contributed by atoms with Crippen LogP contribution in [0.15, 0.2) is 42.9 Å². The number of hydrogen-bond donors (Lipinski definition) is 2. The summed E-state index contributed by atoms with van der Waals surface area (Å²) in [5.41, 5.74) is 7.88. The third kappa shape index (κ3) is 2.40. The van der Waals surface area contributed by atoms with Crippen molar-refractivity contribution in [3.8, 4) is 0 Å². The van der Waals surface area contributed by atoms with Crippen molar-refractivity contribution in [3.63, 3.8) is 0 Å². The van der Waals surface area contributed by atoms with E-state index in [4.69, 9.17) is 5.73 Å². The van der Waals surface area contributed by atoms with Crippen LogP contribution < -0.4 is 5.73 Å². The second-order valence-electron chi connectivity index (χ2n) is 3.38. The first-order chi connectivity index (χ1) is 7.27. The van der Waals surface area contributed by atoms with Crippen molar-refractivity contribution in [1.29, 1.82) is 0 Å². The molecule has 0 fully saturated rings. The molecular formula is C11H13N3S. The van der Waals surface area contributed by atoms with E-state index in [0.717, 1.165) is 12.2 Å². The molecule has 78 valence electrons. The average molecular weight is 219 g/mol. The van der Waals surface area contributed by atoms with Gasteiger partial charge in [-0.05, 0) is 5.56 Å². The second-order valence-corrected chi connectivity index (χ2v) is 3.93. The van der Waals surface area contributed by atoms with E-state index < -0.39 is 0 Å². The van der Waals surface area contributed by atoms with Gasteiger partial charge in [0.05, 0.1) is 23.6 Å². The fourth-order valence-corrected chi connectivity index (χ4v) is 1.70. The third-order valence-electron chi connectivity index (χ3n) is 2.24. The lowest BCUT2D eigenvalue weighted by atomic mass is 10.2. The first kappa shape index (κ1) is 10.3. The number of aromatic nitrogens is 2. The molecule has 0 spiro atoms. The molecule has 1 aromatic heterocycles. The van der Waals surface area contributed by atoms with Gasteiger partial charge in [0, 0.05) is 6.54 Å². The highest BCUT2D eigenvalue weighted by atomic mass is 32.1. The molecule has 0 saturated heterocycles. The predicted octanol–water partition coefficient (Wildman–Crippen LogP) is 1.82. The Bertz CT molecular complexity index is 422. The first-order valence-electron chi connectivity index (χ1n) is 4.75. The molecule has 0 radical (unpaired) electrons. The van der Waals surface area contributed by atoms with Gasteiger partial charge in [-0.15, -0.1) is 0 Å². The first-order valence-corrected chi connectivity index (χ1v) is 5.26. The summed E-state index contributed by atoms with van der Waals surface area (Å²) in [4.78, 5) is 4.07. The Hall–Kier alpha value is -1.26. The van der Waals surface area contributed by atoms with Gasteiger partial charge in [0.25, 0.3) is 0 Å². The van der Waals surface area contributed by atoms with Crippen LogP contribution in [0.3, 0.4) is 0 Å². The lowest BCUT2D eigenvalue weighted by Gasteiger charge is -2.09. The molecule has 1 atom stereocenters. The van der Waals surface area contributed by atoms with E-state index in [1.165, 1.54) is 5.56 Å². The Morgan fingerprint density at radius 1 is 1.33 bits per heavy atom. The van der Waals surface area contributed by atoms with Crippen molar-refractivity contribution < 1.29 is 0 Å². The highest BCUT2D eigenvalue weighted by Crippen LogP contribution is 2.14. The molecule has 2 rings (SSSR count). The van der Waals surface area contributed by atoms with Crippen molar-refractivity contribution in [1.82, 2.24) is 9.55 Å². The summed E-state index contributed by atoms with van der Waals surface area (Å²) in [7, 11) is 0. The number of hydrogen-bond acceptors (Lipinski definition) is 3. The van der Waals surface area contributed by atoms with Gasteiger partial charge in [0.1, 0.15) is 0 Å². The molecule has 0 aliphatic rings. The lowest BCUT2D eigenvalue weighted by Crippen LogP contribution is -2.10. The smallest absolute Gasteiger partial charge is 0.0952 e. The summed E-state index contributed by atoms with van der Waals surface area (Å²) in [5, 5.41) is -0.281. The topological polar surface area (TPSA) is 43.8 Å². The van der Waals surface area contributed by atoms with Crippen LogP contribution in [-0.4, -0.2) is 9.55 Å². The van der Waals surface area contributed by atoms with Crippen LogP contribution in [-0.2, 0) is 6.54 Å². The van der Waals surface area contributed by atoms with Crippen LogP contribution in [0.25, 0.3) is 0 Å².